The van der Waals surface area contributed by atoms with Crippen LogP contribution in [0.25, 0.3) is 10.9 Å². The summed E-state index contributed by atoms with van der Waals surface area (Å²) in [7, 11) is 0. The topological polar surface area (TPSA) is 76.5 Å². The Morgan fingerprint density at radius 2 is 2.21 bits per heavy atom. The molecule has 4 heterocycles. The Balaban J connectivity index is 1.27. The molecule has 3 aliphatic heterocycles. The second-order valence-electron chi connectivity index (χ2n) is 8.72. The van der Waals surface area contributed by atoms with Gasteiger partial charge in [0.15, 0.2) is 0 Å². The van der Waals surface area contributed by atoms with E-state index in [4.69, 9.17) is 4.74 Å². The van der Waals surface area contributed by atoms with Gasteiger partial charge < -0.3 is 15.0 Å². The number of carbonyl (C=O) groups is 2. The van der Waals surface area contributed by atoms with Crippen molar-refractivity contribution in [1.29, 1.82) is 0 Å². The first-order chi connectivity index (χ1) is 14.1. The van der Waals surface area contributed by atoms with Crippen molar-refractivity contribution < 1.29 is 14.3 Å². The minimum Gasteiger partial charge on any atom is -0.369 e. The molecule has 1 N–H and O–H groups in total. The van der Waals surface area contributed by atoms with E-state index in [-0.39, 0.29) is 30.1 Å². The summed E-state index contributed by atoms with van der Waals surface area (Å²) in [6.45, 7) is 4.28. The van der Waals surface area contributed by atoms with Crippen LogP contribution in [0.5, 0.6) is 0 Å². The third kappa shape index (κ3) is 3.12. The lowest BCUT2D eigenvalue weighted by atomic mass is 9.73. The summed E-state index contributed by atoms with van der Waals surface area (Å²) < 4.78 is 8.19. The molecule has 154 valence electrons. The number of hydrogen-bond acceptors (Lipinski definition) is 4. The molecule has 3 saturated heterocycles. The highest BCUT2D eigenvalue weighted by Crippen LogP contribution is 2.54. The Morgan fingerprint density at radius 3 is 3.07 bits per heavy atom. The van der Waals surface area contributed by atoms with Gasteiger partial charge in [-0.1, -0.05) is 25.1 Å². The Morgan fingerprint density at radius 1 is 1.34 bits per heavy atom. The van der Waals surface area contributed by atoms with Gasteiger partial charge in [-0.05, 0) is 25.3 Å². The molecule has 0 aliphatic carbocycles. The van der Waals surface area contributed by atoms with E-state index in [1.807, 2.05) is 36.1 Å². The number of nitrogens with one attached hydrogen (secondary N) is 1. The molecule has 7 nitrogen and oxygen atoms in total. The van der Waals surface area contributed by atoms with E-state index in [2.05, 4.69) is 10.4 Å². The molecule has 2 aromatic rings. The van der Waals surface area contributed by atoms with E-state index in [9.17, 15) is 9.59 Å². The molecular weight excluding hydrogens is 368 g/mol. The van der Waals surface area contributed by atoms with Crippen molar-refractivity contribution in [2.24, 2.45) is 11.8 Å². The number of benzene rings is 1. The maximum absolute atomic E-state index is 13.1. The monoisotopic (exact) mass is 396 g/mol. The van der Waals surface area contributed by atoms with E-state index in [1.165, 1.54) is 0 Å². The van der Waals surface area contributed by atoms with Gasteiger partial charge in [0, 0.05) is 36.7 Å². The van der Waals surface area contributed by atoms with E-state index >= 15 is 0 Å². The van der Waals surface area contributed by atoms with Crippen LogP contribution in [-0.2, 0) is 20.9 Å². The molecule has 2 bridgehead atoms. The van der Waals surface area contributed by atoms with E-state index in [1.54, 1.807) is 10.9 Å². The predicted octanol–water partition coefficient (Wildman–Crippen LogP) is 1.96. The van der Waals surface area contributed by atoms with Crippen LogP contribution in [0.1, 0.15) is 32.6 Å². The Labute approximate surface area is 170 Å². The van der Waals surface area contributed by atoms with Gasteiger partial charge in [0.2, 0.25) is 11.8 Å². The van der Waals surface area contributed by atoms with Crippen molar-refractivity contribution >= 4 is 22.7 Å². The number of carbonyl (C=O) groups excluding carboxylic acids is 2. The zero-order valence-corrected chi connectivity index (χ0v) is 16.8. The molecule has 2 amide bonds. The van der Waals surface area contributed by atoms with Crippen molar-refractivity contribution in [2.45, 2.75) is 50.9 Å². The van der Waals surface area contributed by atoms with E-state index in [0.29, 0.717) is 37.9 Å². The fourth-order valence-electron chi connectivity index (χ4n) is 5.58. The molecule has 0 unspecified atom stereocenters. The maximum Gasteiger partial charge on any atom is 0.244 e. The van der Waals surface area contributed by atoms with Crippen LogP contribution in [0.4, 0.5) is 0 Å². The minimum absolute atomic E-state index is 0.0865. The summed E-state index contributed by atoms with van der Waals surface area (Å²) in [5.74, 6) is 0.804. The summed E-state index contributed by atoms with van der Waals surface area (Å²) in [5.41, 5.74) is 0.763. The van der Waals surface area contributed by atoms with Gasteiger partial charge in [-0.2, -0.15) is 5.10 Å². The average molecular weight is 396 g/mol. The number of nitrogens with zero attached hydrogens (tertiary/aromatic N) is 3. The van der Waals surface area contributed by atoms with E-state index in [0.717, 1.165) is 30.2 Å². The molecule has 4 atom stereocenters. The number of ether oxygens (including phenoxy) is 1. The molecule has 29 heavy (non-hydrogen) atoms. The van der Waals surface area contributed by atoms with Crippen molar-refractivity contribution in [1.82, 2.24) is 20.0 Å². The largest absolute Gasteiger partial charge is 0.369 e. The molecular formula is C22H28N4O3. The lowest BCUT2D eigenvalue weighted by Gasteiger charge is -2.29. The van der Waals surface area contributed by atoms with Gasteiger partial charge in [-0.25, -0.2) is 0 Å². The van der Waals surface area contributed by atoms with Gasteiger partial charge in [0.25, 0.3) is 0 Å². The summed E-state index contributed by atoms with van der Waals surface area (Å²) in [6, 6.07) is 7.94. The SMILES string of the molecule is CCCC(=O)NC[C@H]1[C@H]2CN(C(=O)Cn3ncc4ccccc43)C[C@]23CC[C@H]1O3. The molecule has 3 fully saturated rings. The number of aromatic nitrogens is 2. The number of hydrogen-bond donors (Lipinski definition) is 1. The normalized spacial score (nSPS) is 30.1. The highest BCUT2D eigenvalue weighted by atomic mass is 16.5. The third-order valence-electron chi connectivity index (χ3n) is 6.98. The summed E-state index contributed by atoms with van der Waals surface area (Å²) in [4.78, 5) is 26.9. The molecule has 7 heteroatoms. The standard InChI is InChI=1S/C22H28N4O3/c1-2-5-20(27)23-11-16-17-12-25(14-22(17)9-8-19(16)29-22)21(28)13-26-18-7-4-3-6-15(18)10-24-26/h3-4,6-7,10,16-17,19H,2,5,8-9,11-14H2,1H3,(H,23,27)/t16-,17+,19+,22+/m0/s1. The Hall–Kier alpha value is -2.41. The zero-order valence-electron chi connectivity index (χ0n) is 16.8. The smallest absolute Gasteiger partial charge is 0.244 e. The number of rotatable bonds is 6. The van der Waals surface area contributed by atoms with Gasteiger partial charge in [-0.3, -0.25) is 14.3 Å². The lowest BCUT2D eigenvalue weighted by Crippen LogP contribution is -2.41. The summed E-state index contributed by atoms with van der Waals surface area (Å²) in [5, 5.41) is 8.52. The number of amides is 2. The first-order valence-corrected chi connectivity index (χ1v) is 10.7. The van der Waals surface area contributed by atoms with Crippen LogP contribution in [0.15, 0.2) is 30.5 Å². The molecule has 3 aliphatic rings. The summed E-state index contributed by atoms with van der Waals surface area (Å²) >= 11 is 0. The molecule has 1 aromatic carbocycles. The minimum atomic E-state index is -0.216. The van der Waals surface area contributed by atoms with Gasteiger partial charge in [-0.15, -0.1) is 0 Å². The van der Waals surface area contributed by atoms with Crippen molar-refractivity contribution in [3.05, 3.63) is 30.5 Å². The maximum atomic E-state index is 13.1. The quantitative estimate of drug-likeness (QED) is 0.810. The third-order valence-corrected chi connectivity index (χ3v) is 6.98. The Kier molecular flexibility index (Phi) is 4.57. The first kappa shape index (κ1) is 18.6. The number of fused-ring (bicyclic) bond motifs is 2. The highest BCUT2D eigenvalue weighted by molar-refractivity contribution is 5.82. The zero-order chi connectivity index (χ0) is 20.0. The average Bonchev–Trinajstić information content (AvgIpc) is 3.46. The fourth-order valence-corrected chi connectivity index (χ4v) is 5.58. The first-order valence-electron chi connectivity index (χ1n) is 10.7. The molecule has 1 spiro atoms. The van der Waals surface area contributed by atoms with Crippen molar-refractivity contribution in [2.75, 3.05) is 19.6 Å². The van der Waals surface area contributed by atoms with Crippen LogP contribution in [0, 0.1) is 11.8 Å². The Bertz CT molecular complexity index is 941. The molecule has 0 radical (unpaired) electrons. The lowest BCUT2D eigenvalue weighted by molar-refractivity contribution is -0.132. The second-order valence-corrected chi connectivity index (χ2v) is 8.72. The van der Waals surface area contributed by atoms with Crippen molar-refractivity contribution in [3.63, 3.8) is 0 Å². The summed E-state index contributed by atoms with van der Waals surface area (Å²) in [6.07, 6.45) is 5.48. The second kappa shape index (κ2) is 7.13. The van der Waals surface area contributed by atoms with Gasteiger partial charge >= 0.3 is 0 Å². The predicted molar refractivity (Wildman–Crippen MR) is 108 cm³/mol. The van der Waals surface area contributed by atoms with E-state index < -0.39 is 0 Å². The van der Waals surface area contributed by atoms with Crippen molar-refractivity contribution in [3.8, 4) is 0 Å². The fraction of sp³-hybridized carbons (Fsp3) is 0.591. The van der Waals surface area contributed by atoms with Gasteiger partial charge in [0.05, 0.1) is 30.0 Å². The van der Waals surface area contributed by atoms with Gasteiger partial charge in [0.1, 0.15) is 6.54 Å². The number of likely N-dealkylation sites (tertiary alicyclic amines) is 1. The van der Waals surface area contributed by atoms with Crippen LogP contribution < -0.4 is 5.32 Å². The molecule has 0 saturated carbocycles. The highest BCUT2D eigenvalue weighted by Gasteiger charge is 2.63. The van der Waals surface area contributed by atoms with Crippen LogP contribution in [0.2, 0.25) is 0 Å². The van der Waals surface area contributed by atoms with Crippen LogP contribution >= 0.6 is 0 Å². The van der Waals surface area contributed by atoms with Crippen LogP contribution in [-0.4, -0.2) is 57.8 Å². The molecule has 1 aromatic heterocycles. The molecule has 5 rings (SSSR count). The van der Waals surface area contributed by atoms with Crippen LogP contribution in [0.3, 0.4) is 0 Å². The number of para-hydroxylation sites is 1.